The number of rotatable bonds is 9. The zero-order valence-corrected chi connectivity index (χ0v) is 39.0. The van der Waals surface area contributed by atoms with Crippen molar-refractivity contribution in [1.29, 1.82) is 0 Å². The number of esters is 4. The molecule has 1 aromatic rings. The number of hydrogen-bond acceptors (Lipinski definition) is 14. The van der Waals surface area contributed by atoms with Crippen molar-refractivity contribution in [3.05, 3.63) is 23.5 Å². The Morgan fingerprint density at radius 3 is 2.10 bits per heavy atom. The van der Waals surface area contributed by atoms with E-state index in [0.717, 1.165) is 65.7 Å². The van der Waals surface area contributed by atoms with E-state index >= 15 is 0 Å². The van der Waals surface area contributed by atoms with Crippen LogP contribution < -0.4 is 5.32 Å². The van der Waals surface area contributed by atoms with Crippen molar-refractivity contribution < 1.29 is 57.9 Å². The molecule has 2 heterocycles. The standard InChI is InChI=1S/C47H70N4O12/c1-25(52)59-24-32-37(60-26(2)53)38(61-27(3)54)39(62-28(4)55)40(63-32)51-23-29(49-50-51)22-48-41(58)47-19-18-42(5,6)20-31(47)30-12-13-34-44(9)16-15-35(56)43(7,8)33(44)14-17-45(34,10)46(30,11)21-36(47)57/h12,23,31-40,56-57H,13-22,24H2,1-11H3,(H,48,58)/t31?,32-,33?,34?,35-,36+,37+,38+,39-,40-,44-,45+,46+,47+/m0/s1. The van der Waals surface area contributed by atoms with Crippen molar-refractivity contribution in [1.82, 2.24) is 20.3 Å². The van der Waals surface area contributed by atoms with Gasteiger partial charge in [-0.1, -0.05) is 65.3 Å². The summed E-state index contributed by atoms with van der Waals surface area (Å²) in [6.07, 6.45) is 3.39. The minimum Gasteiger partial charge on any atom is -0.463 e. The first-order valence-corrected chi connectivity index (χ1v) is 22.9. The van der Waals surface area contributed by atoms with Crippen LogP contribution in [0.15, 0.2) is 17.8 Å². The number of aromatic nitrogens is 3. The quantitative estimate of drug-likeness (QED) is 0.164. The summed E-state index contributed by atoms with van der Waals surface area (Å²) in [6, 6.07) is 0. The smallest absolute Gasteiger partial charge is 0.303 e. The second kappa shape index (κ2) is 16.5. The summed E-state index contributed by atoms with van der Waals surface area (Å²) in [7, 11) is 0. The van der Waals surface area contributed by atoms with E-state index in [1.807, 2.05) is 0 Å². The summed E-state index contributed by atoms with van der Waals surface area (Å²) in [4.78, 5) is 63.8. The molecule has 1 aromatic heterocycles. The number of fused-ring (bicyclic) bond motifs is 7. The fraction of sp³-hybridized carbons (Fsp3) is 0.809. The Balaban J connectivity index is 1.17. The van der Waals surface area contributed by atoms with E-state index in [2.05, 4.69) is 70.2 Å². The summed E-state index contributed by atoms with van der Waals surface area (Å²) in [6.45, 7) is 20.5. The highest BCUT2D eigenvalue weighted by Gasteiger charge is 2.71. The third-order valence-electron chi connectivity index (χ3n) is 17.3. The topological polar surface area (TPSA) is 215 Å². The molecule has 1 saturated heterocycles. The first kappa shape index (κ1) is 47.1. The number of carbonyl (C=O) groups excluding carboxylic acids is 5. The van der Waals surface area contributed by atoms with Crippen LogP contribution in [0.1, 0.15) is 146 Å². The lowest BCUT2D eigenvalue weighted by Gasteiger charge is -2.71. The Hall–Kier alpha value is -3.89. The summed E-state index contributed by atoms with van der Waals surface area (Å²) < 4.78 is 29.4. The average molecular weight is 883 g/mol. The van der Waals surface area contributed by atoms with Gasteiger partial charge in [-0.3, -0.25) is 24.0 Å². The average Bonchev–Trinajstić information content (AvgIpc) is 3.65. The lowest BCUT2D eigenvalue weighted by molar-refractivity contribution is -0.270. The number of aliphatic hydroxyl groups excluding tert-OH is 2. The Morgan fingerprint density at radius 2 is 1.44 bits per heavy atom. The molecule has 0 bridgehead atoms. The van der Waals surface area contributed by atoms with Crippen molar-refractivity contribution in [2.75, 3.05) is 6.61 Å². The molecule has 0 radical (unpaired) electrons. The molecule has 16 heteroatoms. The van der Waals surface area contributed by atoms with Gasteiger partial charge >= 0.3 is 23.9 Å². The van der Waals surface area contributed by atoms with Crippen molar-refractivity contribution >= 4 is 29.8 Å². The number of nitrogens with one attached hydrogen (secondary N) is 1. The molecule has 0 spiro atoms. The molecule has 16 nitrogen and oxygen atoms in total. The Labute approximate surface area is 370 Å². The Bertz CT molecular complexity index is 2010. The molecule has 14 atom stereocenters. The van der Waals surface area contributed by atoms with Crippen LogP contribution in [0, 0.1) is 50.2 Å². The number of amides is 1. The van der Waals surface area contributed by atoms with Gasteiger partial charge in [0.25, 0.3) is 0 Å². The van der Waals surface area contributed by atoms with Gasteiger partial charge < -0.3 is 39.2 Å². The number of aliphatic hydroxyl groups is 2. The van der Waals surface area contributed by atoms with E-state index < -0.39 is 72.6 Å². The van der Waals surface area contributed by atoms with Gasteiger partial charge in [0.15, 0.2) is 24.5 Å². The van der Waals surface area contributed by atoms with E-state index in [1.54, 1.807) is 0 Å². The van der Waals surface area contributed by atoms with Gasteiger partial charge in [0.05, 0.1) is 30.4 Å². The van der Waals surface area contributed by atoms with Crippen LogP contribution in [-0.4, -0.2) is 98.2 Å². The number of hydrogen-bond donors (Lipinski definition) is 3. The monoisotopic (exact) mass is 882 g/mol. The van der Waals surface area contributed by atoms with Gasteiger partial charge in [0, 0.05) is 27.7 Å². The normalized spacial score (nSPS) is 41.2. The second-order valence-corrected chi connectivity index (χ2v) is 21.8. The fourth-order valence-electron chi connectivity index (χ4n) is 14.0. The molecular formula is C47H70N4O12. The fourth-order valence-corrected chi connectivity index (χ4v) is 14.0. The number of carbonyl (C=O) groups is 5. The summed E-state index contributed by atoms with van der Waals surface area (Å²) in [5.74, 6) is -2.55. The van der Waals surface area contributed by atoms with Gasteiger partial charge in [-0.25, -0.2) is 4.68 Å². The van der Waals surface area contributed by atoms with Crippen molar-refractivity contribution in [2.45, 2.75) is 183 Å². The largest absolute Gasteiger partial charge is 0.463 e. The molecule has 5 aliphatic carbocycles. The molecule has 0 aromatic carbocycles. The van der Waals surface area contributed by atoms with Crippen LogP contribution in [0.2, 0.25) is 0 Å². The molecule has 5 fully saturated rings. The lowest BCUT2D eigenvalue weighted by atomic mass is 9.33. The molecule has 350 valence electrons. The van der Waals surface area contributed by atoms with E-state index in [0.29, 0.717) is 30.4 Å². The molecule has 6 aliphatic rings. The third kappa shape index (κ3) is 7.91. The minimum absolute atomic E-state index is 0.0381. The van der Waals surface area contributed by atoms with E-state index in [-0.39, 0.29) is 51.5 Å². The van der Waals surface area contributed by atoms with Gasteiger partial charge in [-0.05, 0) is 103 Å². The van der Waals surface area contributed by atoms with Gasteiger partial charge in [0.2, 0.25) is 5.91 Å². The maximum atomic E-state index is 15.0. The molecule has 7 rings (SSSR count). The highest BCUT2D eigenvalue weighted by Crippen LogP contribution is 2.75. The Morgan fingerprint density at radius 1 is 0.794 bits per heavy atom. The molecule has 63 heavy (non-hydrogen) atoms. The Kier molecular flexibility index (Phi) is 12.3. The predicted molar refractivity (Wildman–Crippen MR) is 226 cm³/mol. The molecule has 1 aliphatic heterocycles. The molecular weight excluding hydrogens is 813 g/mol. The van der Waals surface area contributed by atoms with Crippen molar-refractivity contribution in [2.24, 2.45) is 50.2 Å². The zero-order valence-electron chi connectivity index (χ0n) is 39.0. The number of ether oxygens (including phenoxy) is 5. The zero-order chi connectivity index (χ0) is 46.2. The highest BCUT2D eigenvalue weighted by molar-refractivity contribution is 5.85. The molecule has 4 saturated carbocycles. The summed E-state index contributed by atoms with van der Waals surface area (Å²) in [5, 5.41) is 35.5. The number of allylic oxidation sites excluding steroid dienone is 2. The van der Waals surface area contributed by atoms with Crippen LogP contribution in [0.4, 0.5) is 0 Å². The lowest BCUT2D eigenvalue weighted by Crippen LogP contribution is -2.68. The van der Waals surface area contributed by atoms with Crippen molar-refractivity contribution in [3.63, 3.8) is 0 Å². The van der Waals surface area contributed by atoms with Gasteiger partial charge in [-0.15, -0.1) is 5.10 Å². The van der Waals surface area contributed by atoms with Crippen LogP contribution in [0.25, 0.3) is 0 Å². The van der Waals surface area contributed by atoms with Gasteiger partial charge in [0.1, 0.15) is 18.4 Å². The number of nitrogens with zero attached hydrogens (tertiary/aromatic N) is 3. The first-order valence-electron chi connectivity index (χ1n) is 22.9. The summed E-state index contributed by atoms with van der Waals surface area (Å²) >= 11 is 0. The third-order valence-corrected chi connectivity index (χ3v) is 17.3. The second-order valence-electron chi connectivity index (χ2n) is 21.8. The molecule has 1 amide bonds. The van der Waals surface area contributed by atoms with E-state index in [9.17, 15) is 34.2 Å². The predicted octanol–water partition coefficient (Wildman–Crippen LogP) is 5.28. The maximum Gasteiger partial charge on any atom is 0.303 e. The molecule has 3 unspecified atom stereocenters. The first-order chi connectivity index (χ1) is 29.3. The van der Waals surface area contributed by atoms with E-state index in [1.165, 1.54) is 23.4 Å². The van der Waals surface area contributed by atoms with Crippen LogP contribution >= 0.6 is 0 Å². The summed E-state index contributed by atoms with van der Waals surface area (Å²) in [5.41, 5.74) is -0.0783. The van der Waals surface area contributed by atoms with Crippen LogP contribution in [0.5, 0.6) is 0 Å². The molecule has 3 N–H and O–H groups in total. The minimum atomic E-state index is -1.39. The SMILES string of the molecule is CC(=O)OC[C@@H]1O[C@H](n2cc(CNC(=O)[C@]34CCC(C)(C)CC3C3=CCC5[C@@]6(C)CC[C@H](O)C(C)(C)C6CC[C@@]5(C)[C@]3(C)C[C@H]4O)nn2)[C@@H](OC(C)=O)[C@H](OC(C)=O)[C@@H]1OC(C)=O. The highest BCUT2D eigenvalue weighted by atomic mass is 16.7. The van der Waals surface area contributed by atoms with E-state index in [4.69, 9.17) is 23.7 Å². The van der Waals surface area contributed by atoms with Gasteiger partial charge in [-0.2, -0.15) is 0 Å². The van der Waals surface area contributed by atoms with Crippen LogP contribution in [-0.2, 0) is 54.2 Å². The van der Waals surface area contributed by atoms with Crippen LogP contribution in [0.3, 0.4) is 0 Å². The van der Waals surface area contributed by atoms with Crippen molar-refractivity contribution in [3.8, 4) is 0 Å². The maximum absolute atomic E-state index is 15.0.